The molecule has 0 saturated carbocycles. The van der Waals surface area contributed by atoms with Crippen LogP contribution in [-0.2, 0) is 0 Å². The molecule has 1 atom stereocenters. The van der Waals surface area contributed by atoms with Gasteiger partial charge in [-0.3, -0.25) is 9.78 Å². The zero-order valence-corrected chi connectivity index (χ0v) is 14.2. The van der Waals surface area contributed by atoms with Gasteiger partial charge < -0.3 is 14.2 Å². The van der Waals surface area contributed by atoms with Crippen LogP contribution in [0.5, 0.6) is 5.75 Å². The van der Waals surface area contributed by atoms with Crippen molar-refractivity contribution in [3.63, 3.8) is 0 Å². The summed E-state index contributed by atoms with van der Waals surface area (Å²) in [5.41, 5.74) is 1.24. The maximum Gasteiger partial charge on any atom is 0.292 e. The molecule has 1 amide bonds. The number of pyridine rings is 1. The molecule has 1 saturated heterocycles. The first-order valence-corrected chi connectivity index (χ1v) is 8.68. The molecule has 0 N–H and O–H groups in total. The summed E-state index contributed by atoms with van der Waals surface area (Å²) in [6, 6.07) is 16.9. The molecule has 132 valence electrons. The summed E-state index contributed by atoms with van der Waals surface area (Å²) in [4.78, 5) is 18.9. The van der Waals surface area contributed by atoms with E-state index in [1.807, 2.05) is 53.4 Å². The number of para-hydroxylation sites is 1. The number of hydrogen-bond donors (Lipinski definition) is 0. The number of ether oxygens (including phenoxy) is 1. The highest BCUT2D eigenvalue weighted by Gasteiger charge is 2.32. The van der Waals surface area contributed by atoms with Gasteiger partial charge in [0.1, 0.15) is 18.1 Å². The summed E-state index contributed by atoms with van der Waals surface area (Å²) in [5, 5.41) is 3.98. The van der Waals surface area contributed by atoms with Gasteiger partial charge in [-0.1, -0.05) is 29.4 Å². The van der Waals surface area contributed by atoms with Crippen molar-refractivity contribution in [3.05, 3.63) is 66.6 Å². The third-order valence-electron chi connectivity index (χ3n) is 4.47. The zero-order valence-electron chi connectivity index (χ0n) is 14.2. The minimum absolute atomic E-state index is 0.0334. The fraction of sp³-hybridized carbons (Fsp3) is 0.250. The highest BCUT2D eigenvalue weighted by atomic mass is 16.5. The van der Waals surface area contributed by atoms with Gasteiger partial charge in [0, 0.05) is 18.8 Å². The maximum absolute atomic E-state index is 12.8. The lowest BCUT2D eigenvalue weighted by molar-refractivity contribution is 0.0650. The molecule has 1 unspecified atom stereocenters. The Hall–Kier alpha value is -3.15. The van der Waals surface area contributed by atoms with Gasteiger partial charge in [0.05, 0.1) is 11.7 Å². The standard InChI is InChI=1S/C20H19N3O3/c24-20(19-13-18(22-26-19)17-10-4-5-11-21-17)23-12-6-7-15(23)14-25-16-8-2-1-3-9-16/h1-5,8-11,13,15H,6-7,12,14H2. The van der Waals surface area contributed by atoms with Gasteiger partial charge in [-0.25, -0.2) is 0 Å². The van der Waals surface area contributed by atoms with E-state index in [9.17, 15) is 4.79 Å². The van der Waals surface area contributed by atoms with Gasteiger partial charge in [0.15, 0.2) is 0 Å². The van der Waals surface area contributed by atoms with Crippen LogP contribution in [0.2, 0.25) is 0 Å². The van der Waals surface area contributed by atoms with Crippen molar-refractivity contribution >= 4 is 5.91 Å². The lowest BCUT2D eigenvalue weighted by Crippen LogP contribution is -2.38. The Morgan fingerprint density at radius 3 is 2.81 bits per heavy atom. The van der Waals surface area contributed by atoms with E-state index in [0.29, 0.717) is 24.5 Å². The number of amides is 1. The number of carbonyl (C=O) groups excluding carboxylic acids is 1. The molecular weight excluding hydrogens is 330 g/mol. The largest absolute Gasteiger partial charge is 0.491 e. The topological polar surface area (TPSA) is 68.5 Å². The molecule has 1 aromatic carbocycles. The van der Waals surface area contributed by atoms with Crippen molar-refractivity contribution in [1.82, 2.24) is 15.0 Å². The van der Waals surface area contributed by atoms with Crippen LogP contribution in [0.25, 0.3) is 11.4 Å². The highest BCUT2D eigenvalue weighted by Crippen LogP contribution is 2.23. The first-order valence-electron chi connectivity index (χ1n) is 8.68. The van der Waals surface area contributed by atoms with Crippen molar-refractivity contribution in [3.8, 4) is 17.1 Å². The first-order chi connectivity index (χ1) is 12.8. The van der Waals surface area contributed by atoms with E-state index in [0.717, 1.165) is 18.6 Å². The van der Waals surface area contributed by atoms with Gasteiger partial charge in [-0.2, -0.15) is 0 Å². The zero-order chi connectivity index (χ0) is 17.8. The summed E-state index contributed by atoms with van der Waals surface area (Å²) in [6.07, 6.45) is 3.55. The van der Waals surface area contributed by atoms with Gasteiger partial charge in [-0.15, -0.1) is 0 Å². The van der Waals surface area contributed by atoms with E-state index in [4.69, 9.17) is 9.26 Å². The average Bonchev–Trinajstić information content (AvgIpc) is 3.37. The number of aromatic nitrogens is 2. The van der Waals surface area contributed by atoms with Crippen LogP contribution in [0.15, 0.2) is 65.3 Å². The van der Waals surface area contributed by atoms with Crippen molar-refractivity contribution in [1.29, 1.82) is 0 Å². The third-order valence-corrected chi connectivity index (χ3v) is 4.47. The Balaban J connectivity index is 1.44. The number of likely N-dealkylation sites (tertiary alicyclic amines) is 1. The summed E-state index contributed by atoms with van der Waals surface area (Å²) in [6.45, 7) is 1.16. The minimum Gasteiger partial charge on any atom is -0.491 e. The molecule has 0 aliphatic carbocycles. The van der Waals surface area contributed by atoms with Crippen LogP contribution in [0, 0.1) is 0 Å². The van der Waals surface area contributed by atoms with Crippen LogP contribution >= 0.6 is 0 Å². The summed E-state index contributed by atoms with van der Waals surface area (Å²) in [7, 11) is 0. The summed E-state index contributed by atoms with van der Waals surface area (Å²) in [5.74, 6) is 0.889. The van der Waals surface area contributed by atoms with E-state index in [1.165, 1.54) is 0 Å². The Labute approximate surface area is 151 Å². The molecule has 6 heteroatoms. The van der Waals surface area contributed by atoms with Crippen molar-refractivity contribution < 1.29 is 14.1 Å². The molecule has 3 aromatic rings. The number of carbonyl (C=O) groups is 1. The SMILES string of the molecule is O=C(c1cc(-c2ccccn2)no1)N1CCCC1COc1ccccc1. The molecule has 3 heterocycles. The van der Waals surface area contributed by atoms with Crippen LogP contribution in [0.1, 0.15) is 23.4 Å². The van der Waals surface area contributed by atoms with Crippen LogP contribution in [0.3, 0.4) is 0 Å². The normalized spacial score (nSPS) is 16.6. The molecule has 0 bridgehead atoms. The quantitative estimate of drug-likeness (QED) is 0.706. The number of nitrogens with zero attached hydrogens (tertiary/aromatic N) is 3. The molecule has 0 spiro atoms. The second-order valence-corrected chi connectivity index (χ2v) is 6.21. The predicted octanol–water partition coefficient (Wildman–Crippen LogP) is 3.42. The van der Waals surface area contributed by atoms with E-state index < -0.39 is 0 Å². The maximum atomic E-state index is 12.8. The molecule has 4 rings (SSSR count). The van der Waals surface area contributed by atoms with Gasteiger partial charge in [0.25, 0.3) is 5.91 Å². The van der Waals surface area contributed by atoms with Crippen molar-refractivity contribution in [2.75, 3.05) is 13.2 Å². The van der Waals surface area contributed by atoms with Crippen molar-refractivity contribution in [2.45, 2.75) is 18.9 Å². The third kappa shape index (κ3) is 3.44. The number of benzene rings is 1. The number of hydrogen-bond acceptors (Lipinski definition) is 5. The minimum atomic E-state index is -0.154. The molecule has 0 radical (unpaired) electrons. The van der Waals surface area contributed by atoms with E-state index in [1.54, 1.807) is 12.3 Å². The Morgan fingerprint density at radius 1 is 1.15 bits per heavy atom. The lowest BCUT2D eigenvalue weighted by atomic mass is 10.2. The van der Waals surface area contributed by atoms with Gasteiger partial charge in [-0.05, 0) is 37.1 Å². The van der Waals surface area contributed by atoms with Crippen LogP contribution < -0.4 is 4.74 Å². The molecule has 2 aromatic heterocycles. The van der Waals surface area contributed by atoms with Gasteiger partial charge in [0.2, 0.25) is 5.76 Å². The fourth-order valence-corrected chi connectivity index (χ4v) is 3.14. The smallest absolute Gasteiger partial charge is 0.292 e. The van der Waals surface area contributed by atoms with E-state index >= 15 is 0 Å². The average molecular weight is 349 g/mol. The summed E-state index contributed by atoms with van der Waals surface area (Å²) >= 11 is 0. The van der Waals surface area contributed by atoms with E-state index in [2.05, 4.69) is 10.1 Å². The molecule has 6 nitrogen and oxygen atoms in total. The monoisotopic (exact) mass is 349 g/mol. The lowest BCUT2D eigenvalue weighted by Gasteiger charge is -2.23. The van der Waals surface area contributed by atoms with Crippen LogP contribution in [0.4, 0.5) is 0 Å². The Kier molecular flexibility index (Phi) is 4.64. The molecule has 1 aliphatic rings. The predicted molar refractivity (Wildman–Crippen MR) is 95.7 cm³/mol. The highest BCUT2D eigenvalue weighted by molar-refractivity contribution is 5.92. The fourth-order valence-electron chi connectivity index (χ4n) is 3.14. The number of rotatable bonds is 5. The Bertz CT molecular complexity index is 864. The Morgan fingerprint density at radius 2 is 2.00 bits per heavy atom. The molecule has 26 heavy (non-hydrogen) atoms. The first kappa shape index (κ1) is 16.3. The van der Waals surface area contributed by atoms with Gasteiger partial charge >= 0.3 is 0 Å². The second kappa shape index (κ2) is 7.39. The molecule has 1 fully saturated rings. The summed E-state index contributed by atoms with van der Waals surface area (Å²) < 4.78 is 11.1. The van der Waals surface area contributed by atoms with Crippen molar-refractivity contribution in [2.24, 2.45) is 0 Å². The van der Waals surface area contributed by atoms with E-state index in [-0.39, 0.29) is 17.7 Å². The molecular formula is C20H19N3O3. The second-order valence-electron chi connectivity index (χ2n) is 6.21. The molecule has 1 aliphatic heterocycles. The van der Waals surface area contributed by atoms with Crippen LogP contribution in [-0.4, -0.2) is 40.1 Å².